The molecule has 1 aromatic heterocycles. The van der Waals surface area contributed by atoms with E-state index in [0.29, 0.717) is 0 Å². The first kappa shape index (κ1) is 14.8. The summed E-state index contributed by atoms with van der Waals surface area (Å²) < 4.78 is 1.99. The molecule has 0 spiro atoms. The number of hydrogen-bond acceptors (Lipinski definition) is 2. The Hall–Kier alpha value is -1.61. The molecule has 3 nitrogen and oxygen atoms in total. The molecule has 1 heterocycles. The van der Waals surface area contributed by atoms with E-state index in [2.05, 4.69) is 62.5 Å². The second-order valence-electron chi connectivity index (χ2n) is 5.32. The average molecular weight is 271 g/mol. The van der Waals surface area contributed by atoms with E-state index in [1.807, 2.05) is 10.9 Å². The molecule has 1 unspecified atom stereocenters. The summed E-state index contributed by atoms with van der Waals surface area (Å²) in [6.07, 6.45) is 5.27. The molecule has 3 heteroatoms. The fourth-order valence-corrected chi connectivity index (χ4v) is 2.66. The average Bonchev–Trinajstić information content (AvgIpc) is 2.90. The summed E-state index contributed by atoms with van der Waals surface area (Å²) in [7, 11) is 0. The van der Waals surface area contributed by atoms with Gasteiger partial charge in [-0.2, -0.15) is 5.10 Å². The number of aromatic nitrogens is 2. The molecule has 0 saturated carbocycles. The smallest absolute Gasteiger partial charge is 0.0613 e. The Morgan fingerprint density at radius 2 is 1.90 bits per heavy atom. The highest BCUT2D eigenvalue weighted by molar-refractivity contribution is 5.41. The summed E-state index contributed by atoms with van der Waals surface area (Å²) in [6.45, 7) is 10.6. The summed E-state index contributed by atoms with van der Waals surface area (Å²) in [5, 5.41) is 8.09. The molecule has 0 aliphatic rings. The van der Waals surface area contributed by atoms with Gasteiger partial charge in [-0.1, -0.05) is 25.1 Å². The summed E-state index contributed by atoms with van der Waals surface area (Å²) in [5.74, 6) is 0. The maximum Gasteiger partial charge on any atom is 0.0613 e. The second kappa shape index (κ2) is 6.71. The Morgan fingerprint density at radius 3 is 2.45 bits per heavy atom. The lowest BCUT2D eigenvalue weighted by atomic mass is 9.92. The highest BCUT2D eigenvalue weighted by Gasteiger charge is 2.18. The van der Waals surface area contributed by atoms with Crippen LogP contribution < -0.4 is 5.32 Å². The quantitative estimate of drug-likeness (QED) is 0.870. The Kier molecular flexibility index (Phi) is 4.96. The third-order valence-corrected chi connectivity index (χ3v) is 3.74. The zero-order valence-electron chi connectivity index (χ0n) is 13.0. The molecular formula is C17H25N3. The lowest BCUT2D eigenvalue weighted by Gasteiger charge is -2.22. The monoisotopic (exact) mass is 271 g/mol. The van der Waals surface area contributed by atoms with Gasteiger partial charge in [-0.25, -0.2) is 0 Å². The number of benzene rings is 1. The Labute approximate surface area is 122 Å². The second-order valence-corrected chi connectivity index (χ2v) is 5.32. The standard InChI is InChI=1S/C17H25N3/c1-5-10-18-17(15-11-19-20(6-2)12-15)16-13(3)8-7-9-14(16)4/h7-9,11-12,17-18H,5-6,10H2,1-4H3. The fraction of sp³-hybridized carbons (Fsp3) is 0.471. The largest absolute Gasteiger partial charge is 0.306 e. The third-order valence-electron chi connectivity index (χ3n) is 3.74. The van der Waals surface area contributed by atoms with Crippen LogP contribution in [0.4, 0.5) is 0 Å². The topological polar surface area (TPSA) is 29.9 Å². The summed E-state index contributed by atoms with van der Waals surface area (Å²) in [4.78, 5) is 0. The van der Waals surface area contributed by atoms with Crippen molar-refractivity contribution in [1.82, 2.24) is 15.1 Å². The minimum Gasteiger partial charge on any atom is -0.306 e. The molecule has 0 aliphatic carbocycles. The van der Waals surface area contributed by atoms with Crippen LogP contribution in [0.25, 0.3) is 0 Å². The van der Waals surface area contributed by atoms with Gasteiger partial charge in [0.2, 0.25) is 0 Å². The van der Waals surface area contributed by atoms with Gasteiger partial charge in [-0.3, -0.25) is 4.68 Å². The van der Waals surface area contributed by atoms with Crippen molar-refractivity contribution in [3.63, 3.8) is 0 Å². The zero-order valence-corrected chi connectivity index (χ0v) is 13.0. The van der Waals surface area contributed by atoms with Crippen LogP contribution in [0.3, 0.4) is 0 Å². The molecule has 20 heavy (non-hydrogen) atoms. The molecule has 1 N–H and O–H groups in total. The van der Waals surface area contributed by atoms with Crippen molar-refractivity contribution in [2.45, 2.75) is 46.7 Å². The van der Waals surface area contributed by atoms with Gasteiger partial charge in [0.1, 0.15) is 0 Å². The number of rotatable bonds is 6. The predicted octanol–water partition coefficient (Wildman–Crippen LogP) is 3.61. The summed E-state index contributed by atoms with van der Waals surface area (Å²) in [6, 6.07) is 6.73. The molecule has 1 atom stereocenters. The highest BCUT2D eigenvalue weighted by atomic mass is 15.3. The van der Waals surface area contributed by atoms with E-state index in [1.54, 1.807) is 0 Å². The van der Waals surface area contributed by atoms with Gasteiger partial charge in [0, 0.05) is 18.3 Å². The number of aryl methyl sites for hydroxylation is 3. The molecule has 0 saturated heterocycles. The van der Waals surface area contributed by atoms with Crippen LogP contribution in [0.2, 0.25) is 0 Å². The molecule has 0 fully saturated rings. The van der Waals surface area contributed by atoms with Crippen molar-refractivity contribution >= 4 is 0 Å². The molecule has 1 aromatic carbocycles. The van der Waals surface area contributed by atoms with Gasteiger partial charge < -0.3 is 5.32 Å². The van der Waals surface area contributed by atoms with Gasteiger partial charge in [0.25, 0.3) is 0 Å². The van der Waals surface area contributed by atoms with Crippen molar-refractivity contribution in [1.29, 1.82) is 0 Å². The Balaban J connectivity index is 2.41. The molecule has 2 aromatic rings. The van der Waals surface area contributed by atoms with E-state index in [1.165, 1.54) is 22.3 Å². The lowest BCUT2D eigenvalue weighted by molar-refractivity contribution is 0.592. The number of nitrogens with one attached hydrogen (secondary N) is 1. The minimum absolute atomic E-state index is 0.233. The van der Waals surface area contributed by atoms with Crippen LogP contribution in [-0.2, 0) is 6.54 Å². The molecule has 0 radical (unpaired) electrons. The predicted molar refractivity (Wildman–Crippen MR) is 84.0 cm³/mol. The van der Waals surface area contributed by atoms with Crippen molar-refractivity contribution in [2.24, 2.45) is 0 Å². The molecule has 0 amide bonds. The summed E-state index contributed by atoms with van der Waals surface area (Å²) in [5.41, 5.74) is 5.31. The molecule has 0 aliphatic heterocycles. The first-order valence-corrected chi connectivity index (χ1v) is 7.49. The minimum atomic E-state index is 0.233. The van der Waals surface area contributed by atoms with E-state index in [-0.39, 0.29) is 6.04 Å². The Bertz CT molecular complexity index is 537. The maximum absolute atomic E-state index is 4.43. The fourth-order valence-electron chi connectivity index (χ4n) is 2.66. The van der Waals surface area contributed by atoms with Gasteiger partial charge >= 0.3 is 0 Å². The normalized spacial score (nSPS) is 12.6. The van der Waals surface area contributed by atoms with Crippen molar-refractivity contribution < 1.29 is 0 Å². The van der Waals surface area contributed by atoms with Crippen LogP contribution >= 0.6 is 0 Å². The lowest BCUT2D eigenvalue weighted by Crippen LogP contribution is -2.24. The van der Waals surface area contributed by atoms with Crippen LogP contribution in [0.5, 0.6) is 0 Å². The Morgan fingerprint density at radius 1 is 1.20 bits per heavy atom. The van der Waals surface area contributed by atoms with Crippen LogP contribution in [0, 0.1) is 13.8 Å². The van der Waals surface area contributed by atoms with Crippen molar-refractivity contribution in [3.05, 3.63) is 52.8 Å². The van der Waals surface area contributed by atoms with E-state index in [0.717, 1.165) is 19.5 Å². The third kappa shape index (κ3) is 3.10. The van der Waals surface area contributed by atoms with Gasteiger partial charge in [0.05, 0.1) is 12.2 Å². The van der Waals surface area contributed by atoms with E-state index >= 15 is 0 Å². The molecule has 0 bridgehead atoms. The van der Waals surface area contributed by atoms with Crippen molar-refractivity contribution in [3.8, 4) is 0 Å². The van der Waals surface area contributed by atoms with Crippen LogP contribution in [0.15, 0.2) is 30.6 Å². The highest BCUT2D eigenvalue weighted by Crippen LogP contribution is 2.27. The van der Waals surface area contributed by atoms with Gasteiger partial charge in [-0.05, 0) is 50.4 Å². The molecule has 108 valence electrons. The van der Waals surface area contributed by atoms with Crippen molar-refractivity contribution in [2.75, 3.05) is 6.54 Å². The van der Waals surface area contributed by atoms with E-state index in [4.69, 9.17) is 0 Å². The number of hydrogen-bond donors (Lipinski definition) is 1. The first-order chi connectivity index (χ1) is 9.67. The first-order valence-electron chi connectivity index (χ1n) is 7.49. The van der Waals surface area contributed by atoms with E-state index < -0.39 is 0 Å². The molecular weight excluding hydrogens is 246 g/mol. The SMILES string of the molecule is CCCNC(c1cnn(CC)c1)c1c(C)cccc1C. The van der Waals surface area contributed by atoms with Crippen LogP contribution in [0.1, 0.15) is 48.6 Å². The van der Waals surface area contributed by atoms with Gasteiger partial charge in [0.15, 0.2) is 0 Å². The summed E-state index contributed by atoms with van der Waals surface area (Å²) >= 11 is 0. The van der Waals surface area contributed by atoms with Crippen LogP contribution in [-0.4, -0.2) is 16.3 Å². The maximum atomic E-state index is 4.43. The number of nitrogens with zero attached hydrogens (tertiary/aromatic N) is 2. The molecule has 2 rings (SSSR count). The van der Waals surface area contributed by atoms with Gasteiger partial charge in [-0.15, -0.1) is 0 Å². The zero-order chi connectivity index (χ0) is 14.5. The van der Waals surface area contributed by atoms with E-state index in [9.17, 15) is 0 Å².